The Hall–Kier alpha value is -1.68. The topological polar surface area (TPSA) is 34.9 Å². The maximum absolute atomic E-state index is 13.2. The number of aldehydes is 1. The molecule has 2 rings (SSSR count). The van der Waals surface area contributed by atoms with Crippen molar-refractivity contribution in [2.24, 2.45) is 0 Å². The van der Waals surface area contributed by atoms with Gasteiger partial charge in [-0.1, -0.05) is 25.4 Å². The smallest absolute Gasteiger partial charge is 0.153 e. The van der Waals surface area contributed by atoms with Crippen molar-refractivity contribution in [3.05, 3.63) is 40.8 Å². The fourth-order valence-corrected chi connectivity index (χ4v) is 2.39. The minimum atomic E-state index is -0.484. The quantitative estimate of drug-likeness (QED) is 0.760. The molecular weight excluding hydrogens is 279 g/mol. The highest BCUT2D eigenvalue weighted by Crippen LogP contribution is 2.27. The normalized spacial score (nSPS) is 11.1. The SMILES string of the molecule is CCC(CC)n1cc(C=O)c(-c2ccc(F)c(Cl)c2)n1. The van der Waals surface area contributed by atoms with Crippen LogP contribution in [0.3, 0.4) is 0 Å². The molecule has 0 bridgehead atoms. The van der Waals surface area contributed by atoms with Gasteiger partial charge in [0.05, 0.1) is 16.6 Å². The first-order chi connectivity index (χ1) is 9.60. The maximum atomic E-state index is 13.2. The summed E-state index contributed by atoms with van der Waals surface area (Å²) in [6, 6.07) is 4.60. The highest BCUT2D eigenvalue weighted by Gasteiger charge is 2.15. The zero-order chi connectivity index (χ0) is 14.7. The van der Waals surface area contributed by atoms with Crippen molar-refractivity contribution < 1.29 is 9.18 Å². The maximum Gasteiger partial charge on any atom is 0.153 e. The molecule has 0 amide bonds. The van der Waals surface area contributed by atoms with E-state index in [1.165, 1.54) is 12.1 Å². The third-order valence-electron chi connectivity index (χ3n) is 3.40. The summed E-state index contributed by atoms with van der Waals surface area (Å²) in [5, 5.41) is 4.49. The van der Waals surface area contributed by atoms with Gasteiger partial charge < -0.3 is 0 Å². The molecule has 0 unspecified atom stereocenters. The average molecular weight is 295 g/mol. The predicted octanol–water partition coefficient (Wildman–Crippen LogP) is 4.52. The number of benzene rings is 1. The zero-order valence-electron chi connectivity index (χ0n) is 11.4. The van der Waals surface area contributed by atoms with Gasteiger partial charge >= 0.3 is 0 Å². The lowest BCUT2D eigenvalue weighted by Crippen LogP contribution is -2.07. The summed E-state index contributed by atoms with van der Waals surface area (Å²) in [4.78, 5) is 11.2. The molecule has 0 saturated carbocycles. The summed E-state index contributed by atoms with van der Waals surface area (Å²) in [5.41, 5.74) is 1.66. The third-order valence-corrected chi connectivity index (χ3v) is 3.69. The lowest BCUT2D eigenvalue weighted by atomic mass is 10.1. The van der Waals surface area contributed by atoms with Gasteiger partial charge in [0.15, 0.2) is 6.29 Å². The molecule has 1 heterocycles. The van der Waals surface area contributed by atoms with E-state index in [4.69, 9.17) is 11.6 Å². The number of carbonyl (C=O) groups excluding carboxylic acids is 1. The molecule has 0 saturated heterocycles. The van der Waals surface area contributed by atoms with Crippen LogP contribution >= 0.6 is 11.6 Å². The van der Waals surface area contributed by atoms with Gasteiger partial charge in [0.1, 0.15) is 11.5 Å². The van der Waals surface area contributed by atoms with Gasteiger partial charge in [-0.25, -0.2) is 4.39 Å². The van der Waals surface area contributed by atoms with E-state index in [0.29, 0.717) is 16.8 Å². The minimum Gasteiger partial charge on any atom is -0.298 e. The van der Waals surface area contributed by atoms with Crippen LogP contribution in [0.5, 0.6) is 0 Å². The van der Waals surface area contributed by atoms with Gasteiger partial charge in [0, 0.05) is 11.8 Å². The van der Waals surface area contributed by atoms with Crippen molar-refractivity contribution >= 4 is 17.9 Å². The van der Waals surface area contributed by atoms with Crippen molar-refractivity contribution in [3.63, 3.8) is 0 Å². The van der Waals surface area contributed by atoms with E-state index >= 15 is 0 Å². The second kappa shape index (κ2) is 6.18. The molecule has 0 fully saturated rings. The van der Waals surface area contributed by atoms with Crippen LogP contribution in [0.1, 0.15) is 43.1 Å². The number of hydrogen-bond donors (Lipinski definition) is 0. The number of carbonyl (C=O) groups is 1. The lowest BCUT2D eigenvalue weighted by Gasteiger charge is -2.12. The molecule has 0 spiro atoms. The lowest BCUT2D eigenvalue weighted by molar-refractivity contribution is 0.112. The molecule has 5 heteroatoms. The summed E-state index contributed by atoms with van der Waals surface area (Å²) in [6.45, 7) is 4.15. The van der Waals surface area contributed by atoms with Crippen molar-refractivity contribution in [2.75, 3.05) is 0 Å². The first-order valence-corrected chi connectivity index (χ1v) is 6.98. The van der Waals surface area contributed by atoms with Crippen molar-refractivity contribution in [1.29, 1.82) is 0 Å². The van der Waals surface area contributed by atoms with E-state index in [0.717, 1.165) is 19.1 Å². The Balaban J connectivity index is 2.49. The number of aromatic nitrogens is 2. The number of nitrogens with zero attached hydrogens (tertiary/aromatic N) is 2. The van der Waals surface area contributed by atoms with Crippen LogP contribution < -0.4 is 0 Å². The number of hydrogen-bond acceptors (Lipinski definition) is 2. The summed E-state index contributed by atoms with van der Waals surface area (Å²) in [6.07, 6.45) is 4.36. The number of halogens is 2. The first-order valence-electron chi connectivity index (χ1n) is 6.60. The zero-order valence-corrected chi connectivity index (χ0v) is 12.2. The van der Waals surface area contributed by atoms with Gasteiger partial charge in [-0.05, 0) is 31.0 Å². The summed E-state index contributed by atoms with van der Waals surface area (Å²) in [5.74, 6) is -0.484. The molecule has 0 aliphatic heterocycles. The Morgan fingerprint density at radius 1 is 1.40 bits per heavy atom. The van der Waals surface area contributed by atoms with Crippen LogP contribution in [0.2, 0.25) is 5.02 Å². The van der Waals surface area contributed by atoms with Gasteiger partial charge in [-0.2, -0.15) is 5.10 Å². The van der Waals surface area contributed by atoms with Crippen LogP contribution in [0.15, 0.2) is 24.4 Å². The van der Waals surface area contributed by atoms with Gasteiger partial charge in [-0.3, -0.25) is 9.48 Å². The monoisotopic (exact) mass is 294 g/mol. The molecule has 0 aliphatic rings. The molecule has 2 aromatic rings. The van der Waals surface area contributed by atoms with Gasteiger partial charge in [0.25, 0.3) is 0 Å². The predicted molar refractivity (Wildman–Crippen MR) is 77.6 cm³/mol. The molecule has 1 aromatic carbocycles. The van der Waals surface area contributed by atoms with E-state index < -0.39 is 5.82 Å². The van der Waals surface area contributed by atoms with Crippen LogP contribution in [0, 0.1) is 5.82 Å². The molecule has 0 atom stereocenters. The molecule has 0 aliphatic carbocycles. The van der Waals surface area contributed by atoms with Crippen LogP contribution in [0.4, 0.5) is 4.39 Å². The molecule has 106 valence electrons. The number of rotatable bonds is 5. The molecule has 1 aromatic heterocycles. The second-order valence-electron chi connectivity index (χ2n) is 4.63. The Kier molecular flexibility index (Phi) is 4.55. The van der Waals surface area contributed by atoms with E-state index in [9.17, 15) is 9.18 Å². The second-order valence-corrected chi connectivity index (χ2v) is 5.04. The average Bonchev–Trinajstić information content (AvgIpc) is 2.87. The van der Waals surface area contributed by atoms with Crippen LogP contribution in [-0.2, 0) is 0 Å². The van der Waals surface area contributed by atoms with Crippen LogP contribution in [-0.4, -0.2) is 16.1 Å². The molecule has 20 heavy (non-hydrogen) atoms. The highest BCUT2D eigenvalue weighted by atomic mass is 35.5. The largest absolute Gasteiger partial charge is 0.298 e. The molecule has 0 radical (unpaired) electrons. The third kappa shape index (κ3) is 2.75. The minimum absolute atomic E-state index is 0.0245. The Labute approximate surface area is 122 Å². The first kappa shape index (κ1) is 14.7. The van der Waals surface area contributed by atoms with E-state index in [-0.39, 0.29) is 11.1 Å². The highest BCUT2D eigenvalue weighted by molar-refractivity contribution is 6.31. The van der Waals surface area contributed by atoms with E-state index in [1.807, 2.05) is 0 Å². The summed E-state index contributed by atoms with van der Waals surface area (Å²) >= 11 is 5.79. The molecule has 3 nitrogen and oxygen atoms in total. The van der Waals surface area contributed by atoms with Crippen molar-refractivity contribution in [2.45, 2.75) is 32.7 Å². The Morgan fingerprint density at radius 3 is 2.65 bits per heavy atom. The van der Waals surface area contributed by atoms with Gasteiger partial charge in [-0.15, -0.1) is 0 Å². The van der Waals surface area contributed by atoms with E-state index in [1.54, 1.807) is 16.9 Å². The fraction of sp³-hybridized carbons (Fsp3) is 0.333. The Bertz CT molecular complexity index is 620. The fourth-order valence-electron chi connectivity index (χ4n) is 2.21. The Morgan fingerprint density at radius 2 is 2.10 bits per heavy atom. The van der Waals surface area contributed by atoms with E-state index in [2.05, 4.69) is 18.9 Å². The summed E-state index contributed by atoms with van der Waals surface area (Å²) in [7, 11) is 0. The standard InChI is InChI=1S/C15H16ClFN2O/c1-3-12(4-2)19-8-11(9-20)15(18-19)10-5-6-14(17)13(16)7-10/h5-9,12H,3-4H2,1-2H3. The molecular formula is C15H16ClFN2O. The van der Waals surface area contributed by atoms with Crippen molar-refractivity contribution in [3.8, 4) is 11.3 Å². The molecule has 0 N–H and O–H groups in total. The summed E-state index contributed by atoms with van der Waals surface area (Å²) < 4.78 is 15.0. The van der Waals surface area contributed by atoms with Gasteiger partial charge in [0.2, 0.25) is 0 Å². The van der Waals surface area contributed by atoms with Crippen LogP contribution in [0.25, 0.3) is 11.3 Å². The van der Waals surface area contributed by atoms with Crippen molar-refractivity contribution in [1.82, 2.24) is 9.78 Å².